The average molecular weight is 196 g/mol. The molecular formula is C9H16N4O. The first-order valence-electron chi connectivity index (χ1n) is 4.59. The summed E-state index contributed by atoms with van der Waals surface area (Å²) in [5.74, 6) is 1.08. The number of nitrogens with zero attached hydrogens (tertiary/aromatic N) is 2. The zero-order valence-corrected chi connectivity index (χ0v) is 8.44. The number of aliphatic hydroxyl groups excluding tert-OH is 1. The van der Waals surface area contributed by atoms with Gasteiger partial charge >= 0.3 is 0 Å². The predicted octanol–water partition coefficient (Wildman–Crippen LogP) is 0.488. The number of aromatic nitrogens is 2. The Hall–Kier alpha value is -1.36. The number of nitrogen functional groups attached to an aromatic ring is 1. The summed E-state index contributed by atoms with van der Waals surface area (Å²) in [5.41, 5.74) is 5.57. The van der Waals surface area contributed by atoms with E-state index in [-0.39, 0.29) is 5.92 Å². The Morgan fingerprint density at radius 3 is 2.64 bits per heavy atom. The molecular weight excluding hydrogens is 180 g/mol. The zero-order valence-electron chi connectivity index (χ0n) is 8.44. The van der Waals surface area contributed by atoms with E-state index in [1.165, 1.54) is 6.20 Å². The van der Waals surface area contributed by atoms with Crippen LogP contribution in [0.2, 0.25) is 0 Å². The number of hydrogen-bond acceptors (Lipinski definition) is 5. The van der Waals surface area contributed by atoms with Gasteiger partial charge in [0.15, 0.2) is 11.6 Å². The minimum Gasteiger partial charge on any atom is -0.391 e. The molecule has 4 N–H and O–H groups in total. The summed E-state index contributed by atoms with van der Waals surface area (Å²) in [6.07, 6.45) is 2.68. The summed E-state index contributed by atoms with van der Waals surface area (Å²) in [7, 11) is 0. The van der Waals surface area contributed by atoms with Gasteiger partial charge < -0.3 is 16.2 Å². The van der Waals surface area contributed by atoms with Crippen LogP contribution in [-0.4, -0.2) is 27.7 Å². The van der Waals surface area contributed by atoms with Crippen molar-refractivity contribution in [3.05, 3.63) is 12.4 Å². The van der Waals surface area contributed by atoms with E-state index < -0.39 is 6.10 Å². The molecule has 0 amide bonds. The van der Waals surface area contributed by atoms with Crippen LogP contribution in [0, 0.1) is 5.92 Å². The zero-order chi connectivity index (χ0) is 10.6. The molecule has 0 aromatic carbocycles. The van der Waals surface area contributed by atoms with E-state index in [2.05, 4.69) is 15.3 Å². The molecule has 5 heteroatoms. The SMILES string of the molecule is CC(C)C(O)CNc1nccnc1N. The van der Waals surface area contributed by atoms with E-state index in [4.69, 9.17) is 5.73 Å². The van der Waals surface area contributed by atoms with Crippen molar-refractivity contribution in [3.63, 3.8) is 0 Å². The van der Waals surface area contributed by atoms with Crippen molar-refractivity contribution < 1.29 is 5.11 Å². The van der Waals surface area contributed by atoms with Crippen LogP contribution in [0.15, 0.2) is 12.4 Å². The molecule has 14 heavy (non-hydrogen) atoms. The Kier molecular flexibility index (Phi) is 3.64. The Morgan fingerprint density at radius 2 is 2.07 bits per heavy atom. The van der Waals surface area contributed by atoms with E-state index in [1.807, 2.05) is 13.8 Å². The van der Waals surface area contributed by atoms with Gasteiger partial charge in [-0.2, -0.15) is 0 Å². The minimum atomic E-state index is -0.406. The third kappa shape index (κ3) is 2.85. The summed E-state index contributed by atoms with van der Waals surface area (Å²) in [5, 5.41) is 12.5. The van der Waals surface area contributed by atoms with Gasteiger partial charge in [0.1, 0.15) is 0 Å². The van der Waals surface area contributed by atoms with Gasteiger partial charge in [0.2, 0.25) is 0 Å². The standard InChI is InChI=1S/C9H16N4O/c1-6(2)7(14)5-13-9-8(10)11-3-4-12-9/h3-4,6-7,14H,5H2,1-2H3,(H2,10,11)(H,12,13). The second kappa shape index (κ2) is 4.76. The molecule has 0 spiro atoms. The van der Waals surface area contributed by atoms with E-state index in [1.54, 1.807) is 6.20 Å². The molecule has 0 aliphatic rings. The molecule has 1 aromatic heterocycles. The summed E-state index contributed by atoms with van der Waals surface area (Å²) < 4.78 is 0. The van der Waals surface area contributed by atoms with Gasteiger partial charge in [0, 0.05) is 18.9 Å². The molecule has 0 aliphatic carbocycles. The summed E-state index contributed by atoms with van der Waals surface area (Å²) >= 11 is 0. The molecule has 0 bridgehead atoms. The Morgan fingerprint density at radius 1 is 1.43 bits per heavy atom. The molecule has 0 saturated carbocycles. The van der Waals surface area contributed by atoms with Gasteiger partial charge in [0.05, 0.1) is 6.10 Å². The maximum Gasteiger partial charge on any atom is 0.169 e. The minimum absolute atomic E-state index is 0.209. The number of aliphatic hydroxyl groups is 1. The molecule has 0 radical (unpaired) electrons. The van der Waals surface area contributed by atoms with Crippen molar-refractivity contribution in [2.45, 2.75) is 20.0 Å². The molecule has 1 aromatic rings. The van der Waals surface area contributed by atoms with Crippen LogP contribution in [0.3, 0.4) is 0 Å². The fourth-order valence-electron chi connectivity index (χ4n) is 0.922. The van der Waals surface area contributed by atoms with Crippen molar-refractivity contribution in [1.29, 1.82) is 0 Å². The number of nitrogens with two attached hydrogens (primary N) is 1. The van der Waals surface area contributed by atoms with Crippen LogP contribution in [0.5, 0.6) is 0 Å². The first-order valence-corrected chi connectivity index (χ1v) is 4.59. The number of rotatable bonds is 4. The molecule has 78 valence electrons. The maximum absolute atomic E-state index is 9.53. The third-order valence-corrected chi connectivity index (χ3v) is 1.97. The fraction of sp³-hybridized carbons (Fsp3) is 0.556. The van der Waals surface area contributed by atoms with E-state index in [9.17, 15) is 5.11 Å². The number of anilines is 2. The van der Waals surface area contributed by atoms with Crippen LogP contribution >= 0.6 is 0 Å². The first kappa shape index (κ1) is 10.7. The lowest BCUT2D eigenvalue weighted by Crippen LogP contribution is -2.25. The molecule has 0 fully saturated rings. The lowest BCUT2D eigenvalue weighted by Gasteiger charge is -2.15. The molecule has 0 aliphatic heterocycles. The Balaban J connectivity index is 2.50. The first-order chi connectivity index (χ1) is 6.61. The molecule has 1 rings (SSSR count). The van der Waals surface area contributed by atoms with Gasteiger partial charge in [-0.05, 0) is 5.92 Å². The highest BCUT2D eigenvalue weighted by atomic mass is 16.3. The van der Waals surface area contributed by atoms with Gasteiger partial charge in [-0.15, -0.1) is 0 Å². The smallest absolute Gasteiger partial charge is 0.169 e. The predicted molar refractivity (Wildman–Crippen MR) is 55.8 cm³/mol. The van der Waals surface area contributed by atoms with Crippen molar-refractivity contribution in [2.24, 2.45) is 5.92 Å². The van der Waals surface area contributed by atoms with Crippen molar-refractivity contribution in [3.8, 4) is 0 Å². The lowest BCUT2D eigenvalue weighted by molar-refractivity contribution is 0.138. The van der Waals surface area contributed by atoms with Crippen molar-refractivity contribution in [2.75, 3.05) is 17.6 Å². The molecule has 1 heterocycles. The summed E-state index contributed by atoms with van der Waals surface area (Å²) in [6.45, 7) is 4.33. The second-order valence-corrected chi connectivity index (χ2v) is 3.48. The van der Waals surface area contributed by atoms with Gasteiger partial charge in [-0.25, -0.2) is 9.97 Å². The van der Waals surface area contributed by atoms with Crippen LogP contribution < -0.4 is 11.1 Å². The number of hydrogen-bond donors (Lipinski definition) is 3. The molecule has 5 nitrogen and oxygen atoms in total. The number of nitrogens with one attached hydrogen (secondary N) is 1. The van der Waals surface area contributed by atoms with Gasteiger partial charge in [-0.3, -0.25) is 0 Å². The second-order valence-electron chi connectivity index (χ2n) is 3.48. The van der Waals surface area contributed by atoms with Crippen LogP contribution in [0.25, 0.3) is 0 Å². The quantitative estimate of drug-likeness (QED) is 0.652. The lowest BCUT2D eigenvalue weighted by atomic mass is 10.1. The van der Waals surface area contributed by atoms with E-state index in [0.29, 0.717) is 18.2 Å². The van der Waals surface area contributed by atoms with Gasteiger partial charge in [0.25, 0.3) is 0 Å². The van der Waals surface area contributed by atoms with Crippen molar-refractivity contribution in [1.82, 2.24) is 9.97 Å². The Labute approximate surface area is 83.4 Å². The summed E-state index contributed by atoms with van der Waals surface area (Å²) in [6, 6.07) is 0. The van der Waals surface area contributed by atoms with E-state index >= 15 is 0 Å². The fourth-order valence-corrected chi connectivity index (χ4v) is 0.922. The van der Waals surface area contributed by atoms with Crippen molar-refractivity contribution >= 4 is 11.6 Å². The third-order valence-electron chi connectivity index (χ3n) is 1.97. The highest BCUT2D eigenvalue weighted by Gasteiger charge is 2.09. The molecule has 0 saturated heterocycles. The van der Waals surface area contributed by atoms with Crippen LogP contribution in [0.4, 0.5) is 11.6 Å². The normalized spacial score (nSPS) is 12.9. The van der Waals surface area contributed by atoms with E-state index in [0.717, 1.165) is 0 Å². The van der Waals surface area contributed by atoms with Crippen LogP contribution in [0.1, 0.15) is 13.8 Å². The highest BCUT2D eigenvalue weighted by Crippen LogP contribution is 2.10. The average Bonchev–Trinajstić information content (AvgIpc) is 2.16. The molecule has 1 unspecified atom stereocenters. The highest BCUT2D eigenvalue weighted by molar-refractivity contribution is 5.54. The maximum atomic E-state index is 9.53. The van der Waals surface area contributed by atoms with Gasteiger partial charge in [-0.1, -0.05) is 13.8 Å². The van der Waals surface area contributed by atoms with Crippen LogP contribution in [-0.2, 0) is 0 Å². The Bertz CT molecular complexity index is 290. The largest absolute Gasteiger partial charge is 0.391 e. The molecule has 1 atom stereocenters. The summed E-state index contributed by atoms with van der Waals surface area (Å²) in [4.78, 5) is 7.87. The topological polar surface area (TPSA) is 84.1 Å². The monoisotopic (exact) mass is 196 g/mol.